The first-order valence-corrected chi connectivity index (χ1v) is 9.01. The van der Waals surface area contributed by atoms with Crippen LogP contribution in [0.1, 0.15) is 17.5 Å². The van der Waals surface area contributed by atoms with E-state index in [1.807, 2.05) is 37.3 Å². The quantitative estimate of drug-likeness (QED) is 0.851. The van der Waals surface area contributed by atoms with E-state index in [0.29, 0.717) is 31.0 Å². The lowest BCUT2D eigenvalue weighted by molar-refractivity contribution is -0.123. The molecule has 0 atom stereocenters. The molecule has 2 aromatic rings. The summed E-state index contributed by atoms with van der Waals surface area (Å²) in [5, 5.41) is 2.89. The highest BCUT2D eigenvalue weighted by atomic mass is 16.5. The molecule has 0 aromatic heterocycles. The van der Waals surface area contributed by atoms with Crippen LogP contribution >= 0.6 is 0 Å². The number of aryl methyl sites for hydroxylation is 1. The maximum Gasteiger partial charge on any atom is 0.240 e. The molecule has 0 aliphatic carbocycles. The lowest BCUT2D eigenvalue weighted by Crippen LogP contribution is -2.41. The van der Waals surface area contributed by atoms with Crippen LogP contribution in [0.2, 0.25) is 0 Å². The fourth-order valence-corrected chi connectivity index (χ4v) is 3.13. The van der Waals surface area contributed by atoms with E-state index in [4.69, 9.17) is 9.47 Å². The number of benzene rings is 2. The zero-order valence-corrected chi connectivity index (χ0v) is 15.7. The number of amides is 2. The highest BCUT2D eigenvalue weighted by molar-refractivity contribution is 6.00. The van der Waals surface area contributed by atoms with Crippen LogP contribution in [-0.2, 0) is 16.0 Å². The molecule has 0 radical (unpaired) electrons. The van der Waals surface area contributed by atoms with E-state index in [1.165, 1.54) is 4.90 Å². The van der Waals surface area contributed by atoms with Crippen molar-refractivity contribution >= 4 is 17.5 Å². The number of carbonyl (C=O) groups excluding carboxylic acids is 2. The third-order valence-electron chi connectivity index (χ3n) is 4.48. The van der Waals surface area contributed by atoms with Gasteiger partial charge in [0.1, 0.15) is 18.0 Å². The van der Waals surface area contributed by atoms with Crippen molar-refractivity contribution in [3.05, 3.63) is 53.6 Å². The number of nitrogens with one attached hydrogen (secondary N) is 1. The lowest BCUT2D eigenvalue weighted by Gasteiger charge is -2.21. The largest absolute Gasteiger partial charge is 0.496 e. The van der Waals surface area contributed by atoms with E-state index in [9.17, 15) is 9.59 Å². The Hall–Kier alpha value is -3.02. The van der Waals surface area contributed by atoms with Crippen LogP contribution in [0, 0.1) is 6.92 Å². The number of methoxy groups -OCH3 is 1. The summed E-state index contributed by atoms with van der Waals surface area (Å²) in [6, 6.07) is 13.3. The number of carbonyl (C=O) groups is 2. The number of fused-ring (bicyclic) bond motifs is 1. The average Bonchev–Trinajstić information content (AvgIpc) is 2.81. The summed E-state index contributed by atoms with van der Waals surface area (Å²) in [5.41, 5.74) is 2.82. The van der Waals surface area contributed by atoms with Crippen molar-refractivity contribution in [3.63, 3.8) is 0 Å². The van der Waals surface area contributed by atoms with Crippen molar-refractivity contribution < 1.29 is 19.1 Å². The number of hydrogen-bond acceptors (Lipinski definition) is 4. The Labute approximate surface area is 159 Å². The first kappa shape index (κ1) is 18.8. The number of para-hydroxylation sites is 2. The van der Waals surface area contributed by atoms with E-state index in [0.717, 1.165) is 16.9 Å². The summed E-state index contributed by atoms with van der Waals surface area (Å²) in [5.74, 6) is 1.12. The van der Waals surface area contributed by atoms with Gasteiger partial charge in [-0.25, -0.2) is 0 Å². The molecule has 1 heterocycles. The van der Waals surface area contributed by atoms with Crippen molar-refractivity contribution in [1.82, 2.24) is 5.32 Å². The predicted molar refractivity (Wildman–Crippen MR) is 103 cm³/mol. The van der Waals surface area contributed by atoms with E-state index >= 15 is 0 Å². The van der Waals surface area contributed by atoms with Crippen LogP contribution in [0.4, 0.5) is 5.69 Å². The molecule has 142 valence electrons. The molecule has 27 heavy (non-hydrogen) atoms. The van der Waals surface area contributed by atoms with Crippen LogP contribution in [0.3, 0.4) is 0 Å². The second-order valence-electron chi connectivity index (χ2n) is 6.46. The molecular formula is C21H24N2O4. The third-order valence-corrected chi connectivity index (χ3v) is 4.48. The molecule has 0 saturated carbocycles. The topological polar surface area (TPSA) is 67.9 Å². The first-order valence-electron chi connectivity index (χ1n) is 9.01. The molecule has 0 unspecified atom stereocenters. The summed E-state index contributed by atoms with van der Waals surface area (Å²) < 4.78 is 11.0. The van der Waals surface area contributed by atoms with Crippen LogP contribution in [0.15, 0.2) is 42.5 Å². The second-order valence-corrected chi connectivity index (χ2v) is 6.46. The van der Waals surface area contributed by atoms with Crippen molar-refractivity contribution in [2.75, 3.05) is 31.7 Å². The molecule has 3 rings (SSSR count). The summed E-state index contributed by atoms with van der Waals surface area (Å²) in [6.45, 7) is 2.79. The van der Waals surface area contributed by atoms with Gasteiger partial charge in [0.25, 0.3) is 0 Å². The smallest absolute Gasteiger partial charge is 0.240 e. The Morgan fingerprint density at radius 2 is 2.07 bits per heavy atom. The maximum absolute atomic E-state index is 12.4. The number of anilines is 1. The molecular weight excluding hydrogens is 344 g/mol. The van der Waals surface area contributed by atoms with Crippen molar-refractivity contribution in [3.8, 4) is 11.5 Å². The fraction of sp³-hybridized carbons (Fsp3) is 0.333. The number of hydrogen-bond donors (Lipinski definition) is 1. The fourth-order valence-electron chi connectivity index (χ4n) is 3.13. The van der Waals surface area contributed by atoms with Crippen molar-refractivity contribution in [1.29, 1.82) is 0 Å². The molecule has 2 amide bonds. The molecule has 0 saturated heterocycles. The van der Waals surface area contributed by atoms with Gasteiger partial charge in [-0.2, -0.15) is 0 Å². The zero-order chi connectivity index (χ0) is 19.2. The molecule has 0 fully saturated rings. The summed E-state index contributed by atoms with van der Waals surface area (Å²) in [4.78, 5) is 26.3. The van der Waals surface area contributed by atoms with E-state index in [2.05, 4.69) is 11.4 Å². The Morgan fingerprint density at radius 3 is 2.89 bits per heavy atom. The van der Waals surface area contributed by atoms with Gasteiger partial charge in [0.05, 0.1) is 25.8 Å². The van der Waals surface area contributed by atoms with Gasteiger partial charge in [0.15, 0.2) is 0 Å². The minimum absolute atomic E-state index is 0.0237. The van der Waals surface area contributed by atoms with E-state index in [1.54, 1.807) is 13.2 Å². The second kappa shape index (κ2) is 8.58. The molecule has 2 aromatic carbocycles. The number of nitrogens with zero attached hydrogens (tertiary/aromatic N) is 1. The van der Waals surface area contributed by atoms with Crippen LogP contribution in [0.25, 0.3) is 0 Å². The van der Waals surface area contributed by atoms with E-state index < -0.39 is 0 Å². The molecule has 0 spiro atoms. The standard InChI is InChI=1S/C21H24N2O4/c1-15-7-8-18(26-2)16(13-15)9-11-22-20(24)14-23-17-5-3-4-6-19(17)27-12-10-21(23)25/h3-8,13H,9-12,14H2,1-2H3,(H,22,24). The average molecular weight is 368 g/mol. The van der Waals surface area contributed by atoms with Gasteiger partial charge in [-0.05, 0) is 37.1 Å². The van der Waals surface area contributed by atoms with Crippen LogP contribution < -0.4 is 19.7 Å². The Kier molecular flexibility index (Phi) is 5.96. The minimum Gasteiger partial charge on any atom is -0.496 e. The van der Waals surface area contributed by atoms with Gasteiger partial charge in [0.2, 0.25) is 11.8 Å². The lowest BCUT2D eigenvalue weighted by atomic mass is 10.1. The summed E-state index contributed by atoms with van der Waals surface area (Å²) >= 11 is 0. The van der Waals surface area contributed by atoms with Crippen molar-refractivity contribution in [2.45, 2.75) is 19.8 Å². The Balaban J connectivity index is 1.61. The van der Waals surface area contributed by atoms with Crippen molar-refractivity contribution in [2.24, 2.45) is 0 Å². The molecule has 1 aliphatic heterocycles. The van der Waals surface area contributed by atoms with Gasteiger partial charge in [0, 0.05) is 6.54 Å². The normalized spacial score (nSPS) is 13.4. The summed E-state index contributed by atoms with van der Waals surface area (Å²) in [6.07, 6.45) is 0.909. The predicted octanol–water partition coefficient (Wildman–Crippen LogP) is 2.48. The van der Waals surface area contributed by atoms with Crippen LogP contribution in [-0.4, -0.2) is 38.6 Å². The highest BCUT2D eigenvalue weighted by Gasteiger charge is 2.24. The van der Waals surface area contributed by atoms with Gasteiger partial charge in [-0.15, -0.1) is 0 Å². The Morgan fingerprint density at radius 1 is 1.26 bits per heavy atom. The Bertz CT molecular complexity index is 835. The van der Waals surface area contributed by atoms with Gasteiger partial charge >= 0.3 is 0 Å². The number of ether oxygens (including phenoxy) is 2. The highest BCUT2D eigenvalue weighted by Crippen LogP contribution is 2.30. The molecule has 6 heteroatoms. The molecule has 0 bridgehead atoms. The minimum atomic E-state index is -0.202. The van der Waals surface area contributed by atoms with Gasteiger partial charge < -0.3 is 14.8 Å². The third kappa shape index (κ3) is 4.58. The van der Waals surface area contributed by atoms with E-state index in [-0.39, 0.29) is 24.8 Å². The molecule has 1 N–H and O–H groups in total. The summed E-state index contributed by atoms with van der Waals surface area (Å²) in [7, 11) is 1.64. The first-order chi connectivity index (χ1) is 13.1. The van der Waals surface area contributed by atoms with Gasteiger partial charge in [-0.3, -0.25) is 14.5 Å². The molecule has 6 nitrogen and oxygen atoms in total. The van der Waals surface area contributed by atoms with Gasteiger partial charge in [-0.1, -0.05) is 29.8 Å². The SMILES string of the molecule is COc1ccc(C)cc1CCNC(=O)CN1C(=O)CCOc2ccccc21. The monoisotopic (exact) mass is 368 g/mol. The zero-order valence-electron chi connectivity index (χ0n) is 15.7. The maximum atomic E-state index is 12.4. The molecule has 1 aliphatic rings. The van der Waals surface area contributed by atoms with Crippen LogP contribution in [0.5, 0.6) is 11.5 Å². The number of rotatable bonds is 6.